The van der Waals surface area contributed by atoms with Gasteiger partial charge in [-0.3, -0.25) is 0 Å². The Kier molecular flexibility index (Phi) is 7.20. The van der Waals surface area contributed by atoms with Crippen LogP contribution in [-0.4, -0.2) is 0 Å². The second-order valence-corrected chi connectivity index (χ2v) is 12.0. The standard InChI is InChI=1S/C36H31BrClNO/c1-22(2)24-12-14-26(15-13-24)28-20-21-31(35(38)34(28)37)39(27-18-16-25(17-19-27)23(3)4)32-10-7-9-30-29-8-5-6-11-33(29)40-36(30)32/h5-23H,1-4H3. The van der Waals surface area contributed by atoms with E-state index in [0.29, 0.717) is 16.9 Å². The molecule has 6 rings (SSSR count). The molecule has 0 aliphatic rings. The summed E-state index contributed by atoms with van der Waals surface area (Å²) in [7, 11) is 0. The third-order valence-corrected chi connectivity index (χ3v) is 9.07. The van der Waals surface area contributed by atoms with Gasteiger partial charge in [-0.25, -0.2) is 0 Å². The third-order valence-electron chi connectivity index (χ3n) is 7.63. The number of nitrogens with zero attached hydrogens (tertiary/aromatic N) is 1. The number of furan rings is 1. The summed E-state index contributed by atoms with van der Waals surface area (Å²) in [5.74, 6) is 0.931. The predicted molar refractivity (Wildman–Crippen MR) is 175 cm³/mol. The molecule has 5 aromatic carbocycles. The highest BCUT2D eigenvalue weighted by Crippen LogP contribution is 2.48. The fourth-order valence-corrected chi connectivity index (χ4v) is 6.12. The number of fused-ring (bicyclic) bond motifs is 3. The number of benzene rings is 5. The lowest BCUT2D eigenvalue weighted by atomic mass is 9.98. The van der Waals surface area contributed by atoms with Gasteiger partial charge in [0.15, 0.2) is 5.58 Å². The molecule has 0 aliphatic carbocycles. The van der Waals surface area contributed by atoms with E-state index in [2.05, 4.69) is 133 Å². The average molecular weight is 609 g/mol. The molecule has 0 N–H and O–H groups in total. The van der Waals surface area contributed by atoms with Crippen molar-refractivity contribution < 1.29 is 4.42 Å². The lowest BCUT2D eigenvalue weighted by Crippen LogP contribution is -2.11. The van der Waals surface area contributed by atoms with Crippen molar-refractivity contribution in [3.63, 3.8) is 0 Å². The van der Waals surface area contributed by atoms with Crippen LogP contribution in [0.2, 0.25) is 5.02 Å². The van der Waals surface area contributed by atoms with E-state index in [1.165, 1.54) is 11.1 Å². The molecule has 2 nitrogen and oxygen atoms in total. The highest BCUT2D eigenvalue weighted by molar-refractivity contribution is 9.10. The molecule has 1 heterocycles. The Morgan fingerprint density at radius 1 is 0.650 bits per heavy atom. The molecule has 0 amide bonds. The molecule has 0 radical (unpaired) electrons. The second kappa shape index (κ2) is 10.8. The van der Waals surface area contributed by atoms with Crippen molar-refractivity contribution in [2.24, 2.45) is 0 Å². The molecule has 0 atom stereocenters. The van der Waals surface area contributed by atoms with Crippen molar-refractivity contribution in [2.75, 3.05) is 4.90 Å². The van der Waals surface area contributed by atoms with E-state index in [9.17, 15) is 0 Å². The number of rotatable bonds is 6. The van der Waals surface area contributed by atoms with Crippen molar-refractivity contribution in [1.29, 1.82) is 0 Å². The van der Waals surface area contributed by atoms with Crippen molar-refractivity contribution in [3.05, 3.63) is 124 Å². The van der Waals surface area contributed by atoms with E-state index >= 15 is 0 Å². The van der Waals surface area contributed by atoms with Gasteiger partial charge < -0.3 is 9.32 Å². The molecule has 4 heteroatoms. The first-order valence-electron chi connectivity index (χ1n) is 13.7. The van der Waals surface area contributed by atoms with Crippen LogP contribution in [0.1, 0.15) is 50.7 Å². The molecular formula is C36H31BrClNO. The number of halogens is 2. The van der Waals surface area contributed by atoms with E-state index in [0.717, 1.165) is 54.6 Å². The van der Waals surface area contributed by atoms with Crippen molar-refractivity contribution in [1.82, 2.24) is 0 Å². The average Bonchev–Trinajstić information content (AvgIpc) is 3.35. The SMILES string of the molecule is CC(C)c1ccc(-c2ccc(N(c3ccc(C(C)C)cc3)c3cccc4c3oc3ccccc34)c(Cl)c2Br)cc1. The quantitative estimate of drug-likeness (QED) is 0.187. The van der Waals surface area contributed by atoms with Gasteiger partial charge in [-0.2, -0.15) is 0 Å². The zero-order chi connectivity index (χ0) is 28.0. The molecule has 0 saturated heterocycles. The summed E-state index contributed by atoms with van der Waals surface area (Å²) in [6, 6.07) is 36.2. The van der Waals surface area contributed by atoms with Gasteiger partial charge >= 0.3 is 0 Å². The van der Waals surface area contributed by atoms with Gasteiger partial charge in [0.25, 0.3) is 0 Å². The largest absolute Gasteiger partial charge is 0.454 e. The Bertz CT molecular complexity index is 1820. The summed E-state index contributed by atoms with van der Waals surface area (Å²) in [4.78, 5) is 2.20. The summed E-state index contributed by atoms with van der Waals surface area (Å²) >= 11 is 11.1. The van der Waals surface area contributed by atoms with Crippen LogP contribution in [0.15, 0.2) is 112 Å². The number of anilines is 3. The monoisotopic (exact) mass is 607 g/mol. The lowest BCUT2D eigenvalue weighted by Gasteiger charge is -2.27. The van der Waals surface area contributed by atoms with Crippen LogP contribution in [0.5, 0.6) is 0 Å². The van der Waals surface area contributed by atoms with Crippen LogP contribution in [0.4, 0.5) is 17.1 Å². The molecule has 0 unspecified atom stereocenters. The maximum atomic E-state index is 7.22. The topological polar surface area (TPSA) is 16.4 Å². The molecule has 6 aromatic rings. The molecule has 0 fully saturated rings. The smallest absolute Gasteiger partial charge is 0.159 e. The molecule has 1 aromatic heterocycles. The molecule has 0 bridgehead atoms. The minimum Gasteiger partial charge on any atom is -0.454 e. The van der Waals surface area contributed by atoms with Gasteiger partial charge in [0.05, 0.1) is 16.4 Å². The van der Waals surface area contributed by atoms with Gasteiger partial charge in [-0.1, -0.05) is 112 Å². The van der Waals surface area contributed by atoms with Crippen LogP contribution in [-0.2, 0) is 0 Å². The zero-order valence-electron chi connectivity index (χ0n) is 23.1. The van der Waals surface area contributed by atoms with Gasteiger partial charge in [-0.05, 0) is 80.4 Å². The van der Waals surface area contributed by atoms with Crippen molar-refractivity contribution in [3.8, 4) is 11.1 Å². The Balaban J connectivity index is 1.55. The van der Waals surface area contributed by atoms with Crippen LogP contribution in [0.3, 0.4) is 0 Å². The summed E-state index contributed by atoms with van der Waals surface area (Å²) < 4.78 is 7.33. The summed E-state index contributed by atoms with van der Waals surface area (Å²) in [6.45, 7) is 8.84. The van der Waals surface area contributed by atoms with Crippen LogP contribution >= 0.6 is 27.5 Å². The second-order valence-electron chi connectivity index (χ2n) is 10.9. The Labute approximate surface area is 249 Å². The first kappa shape index (κ1) is 26.7. The van der Waals surface area contributed by atoms with Gasteiger partial charge in [0.2, 0.25) is 0 Å². The number of hydrogen-bond acceptors (Lipinski definition) is 2. The van der Waals surface area contributed by atoms with Crippen LogP contribution < -0.4 is 4.90 Å². The molecule has 0 spiro atoms. The summed E-state index contributed by atoms with van der Waals surface area (Å²) in [5.41, 5.74) is 9.31. The summed E-state index contributed by atoms with van der Waals surface area (Å²) in [6.07, 6.45) is 0. The van der Waals surface area contributed by atoms with Crippen molar-refractivity contribution >= 4 is 66.5 Å². The normalized spacial score (nSPS) is 11.7. The maximum Gasteiger partial charge on any atom is 0.159 e. The Morgan fingerprint density at radius 3 is 1.95 bits per heavy atom. The summed E-state index contributed by atoms with van der Waals surface area (Å²) in [5, 5.41) is 2.82. The van der Waals surface area contributed by atoms with Crippen LogP contribution in [0.25, 0.3) is 33.1 Å². The zero-order valence-corrected chi connectivity index (χ0v) is 25.4. The maximum absolute atomic E-state index is 7.22. The molecular weight excluding hydrogens is 578 g/mol. The van der Waals surface area contributed by atoms with Gasteiger partial charge in [0.1, 0.15) is 5.58 Å². The van der Waals surface area contributed by atoms with Gasteiger partial charge in [0, 0.05) is 20.9 Å². The minimum absolute atomic E-state index is 0.445. The van der Waals surface area contributed by atoms with E-state index in [1.54, 1.807) is 0 Å². The van der Waals surface area contributed by atoms with Crippen molar-refractivity contribution in [2.45, 2.75) is 39.5 Å². The lowest BCUT2D eigenvalue weighted by molar-refractivity contribution is 0.669. The molecule has 40 heavy (non-hydrogen) atoms. The minimum atomic E-state index is 0.445. The molecule has 200 valence electrons. The van der Waals surface area contributed by atoms with E-state index < -0.39 is 0 Å². The number of hydrogen-bond donors (Lipinski definition) is 0. The van der Waals surface area contributed by atoms with E-state index in [4.69, 9.17) is 16.0 Å². The number of para-hydroxylation sites is 2. The highest BCUT2D eigenvalue weighted by atomic mass is 79.9. The van der Waals surface area contributed by atoms with Gasteiger partial charge in [-0.15, -0.1) is 0 Å². The fraction of sp³-hybridized carbons (Fsp3) is 0.167. The first-order valence-corrected chi connectivity index (χ1v) is 14.9. The molecule has 0 aliphatic heterocycles. The third kappa shape index (κ3) is 4.72. The van der Waals surface area contributed by atoms with E-state index in [1.807, 2.05) is 18.2 Å². The fourth-order valence-electron chi connectivity index (χ4n) is 5.31. The highest BCUT2D eigenvalue weighted by Gasteiger charge is 2.23. The van der Waals surface area contributed by atoms with Crippen LogP contribution in [0, 0.1) is 0 Å². The predicted octanol–water partition coefficient (Wildman–Crippen LogP) is 12.4. The first-order chi connectivity index (χ1) is 19.3. The Hall–Kier alpha value is -3.53. The van der Waals surface area contributed by atoms with E-state index in [-0.39, 0.29) is 0 Å². The Morgan fingerprint density at radius 2 is 1.27 bits per heavy atom. The molecule has 0 saturated carbocycles.